The molecular weight excluding hydrogens is 326 g/mol. The maximum atomic E-state index is 5.74. The number of hydrogen-bond acceptors (Lipinski definition) is 4. The van der Waals surface area contributed by atoms with Crippen molar-refractivity contribution in [3.63, 3.8) is 0 Å². The van der Waals surface area contributed by atoms with Gasteiger partial charge in [-0.2, -0.15) is 5.10 Å². The summed E-state index contributed by atoms with van der Waals surface area (Å²) in [5.41, 5.74) is 4.36. The van der Waals surface area contributed by atoms with Gasteiger partial charge >= 0.3 is 0 Å². The lowest BCUT2D eigenvalue weighted by molar-refractivity contribution is 0.217. The molecular formula is C21H25N3O2. The molecule has 0 aliphatic carbocycles. The lowest BCUT2D eigenvalue weighted by atomic mass is 10.1. The fourth-order valence-electron chi connectivity index (χ4n) is 2.68. The molecule has 0 aliphatic rings. The third-order valence-electron chi connectivity index (χ3n) is 4.15. The molecule has 26 heavy (non-hydrogen) atoms. The van der Waals surface area contributed by atoms with Crippen LogP contribution in [0.1, 0.15) is 18.2 Å². The molecule has 136 valence electrons. The standard InChI is InChI=1S/C21H25N3O2/c1-3-22-15-20-16(2)21(24-23-20)17-9-11-19(12-10-17)26-14-13-25-18-7-5-4-6-8-18/h4-12,22H,3,13-15H2,1-2H3,(H,23,24). The Balaban J connectivity index is 1.53. The highest BCUT2D eigenvalue weighted by Gasteiger charge is 2.10. The summed E-state index contributed by atoms with van der Waals surface area (Å²) in [4.78, 5) is 0. The molecule has 2 N–H and O–H groups in total. The third kappa shape index (κ3) is 4.64. The van der Waals surface area contributed by atoms with E-state index in [-0.39, 0.29) is 0 Å². The summed E-state index contributed by atoms with van der Waals surface area (Å²) in [6.07, 6.45) is 0. The van der Waals surface area contributed by atoms with Gasteiger partial charge < -0.3 is 14.8 Å². The Morgan fingerprint density at radius 2 is 1.58 bits per heavy atom. The number of rotatable bonds is 9. The minimum absolute atomic E-state index is 0.502. The van der Waals surface area contributed by atoms with Crippen LogP contribution in [0.2, 0.25) is 0 Å². The molecule has 0 spiro atoms. The molecule has 0 unspecified atom stereocenters. The summed E-state index contributed by atoms with van der Waals surface area (Å²) in [5.74, 6) is 1.68. The number of nitrogens with one attached hydrogen (secondary N) is 2. The second kappa shape index (κ2) is 9.06. The van der Waals surface area contributed by atoms with Crippen molar-refractivity contribution < 1.29 is 9.47 Å². The minimum Gasteiger partial charge on any atom is -0.490 e. The van der Waals surface area contributed by atoms with Gasteiger partial charge in [-0.15, -0.1) is 0 Å². The molecule has 0 amide bonds. The molecule has 2 aromatic carbocycles. The van der Waals surface area contributed by atoms with Crippen molar-refractivity contribution in [2.45, 2.75) is 20.4 Å². The summed E-state index contributed by atoms with van der Waals surface area (Å²) >= 11 is 0. The first-order valence-electron chi connectivity index (χ1n) is 8.93. The first-order chi connectivity index (χ1) is 12.8. The van der Waals surface area contributed by atoms with Gasteiger partial charge in [0.05, 0.1) is 11.4 Å². The van der Waals surface area contributed by atoms with E-state index in [4.69, 9.17) is 9.47 Å². The highest BCUT2D eigenvalue weighted by atomic mass is 16.5. The van der Waals surface area contributed by atoms with E-state index in [2.05, 4.69) is 29.4 Å². The molecule has 0 fully saturated rings. The van der Waals surface area contributed by atoms with E-state index in [9.17, 15) is 0 Å². The molecule has 5 nitrogen and oxygen atoms in total. The van der Waals surface area contributed by atoms with Crippen LogP contribution in [0.15, 0.2) is 54.6 Å². The van der Waals surface area contributed by atoms with E-state index in [1.807, 2.05) is 54.6 Å². The molecule has 0 aliphatic heterocycles. The van der Waals surface area contributed by atoms with E-state index in [0.29, 0.717) is 13.2 Å². The summed E-state index contributed by atoms with van der Waals surface area (Å²) in [7, 11) is 0. The van der Waals surface area contributed by atoms with Gasteiger partial charge in [0.2, 0.25) is 0 Å². The van der Waals surface area contributed by atoms with Crippen LogP contribution >= 0.6 is 0 Å². The molecule has 1 aromatic heterocycles. The van der Waals surface area contributed by atoms with Gasteiger partial charge in [0.25, 0.3) is 0 Å². The SMILES string of the molecule is CCNCc1[nH]nc(-c2ccc(OCCOc3ccccc3)cc2)c1C. The van der Waals surface area contributed by atoms with E-state index in [1.165, 1.54) is 5.56 Å². The molecule has 0 bridgehead atoms. The second-order valence-electron chi connectivity index (χ2n) is 5.99. The van der Waals surface area contributed by atoms with Crippen LogP contribution in [0, 0.1) is 6.92 Å². The van der Waals surface area contributed by atoms with Crippen LogP contribution in [-0.4, -0.2) is 30.0 Å². The summed E-state index contributed by atoms with van der Waals surface area (Å²) < 4.78 is 11.4. The van der Waals surface area contributed by atoms with Crippen LogP contribution in [-0.2, 0) is 6.54 Å². The smallest absolute Gasteiger partial charge is 0.122 e. The number of benzene rings is 2. The summed E-state index contributed by atoms with van der Waals surface area (Å²) in [5, 5.41) is 10.9. The predicted octanol–water partition coefficient (Wildman–Crippen LogP) is 3.95. The van der Waals surface area contributed by atoms with Crippen molar-refractivity contribution in [2.75, 3.05) is 19.8 Å². The Bertz CT molecular complexity index is 798. The molecule has 1 heterocycles. The zero-order chi connectivity index (χ0) is 18.2. The number of H-pyrrole nitrogens is 1. The average molecular weight is 351 g/mol. The third-order valence-corrected chi connectivity index (χ3v) is 4.15. The van der Waals surface area contributed by atoms with Gasteiger partial charge in [0.15, 0.2) is 0 Å². The number of aromatic amines is 1. The van der Waals surface area contributed by atoms with E-state index in [1.54, 1.807) is 0 Å². The normalized spacial score (nSPS) is 10.7. The Hall–Kier alpha value is -2.79. The first kappa shape index (κ1) is 18.0. The topological polar surface area (TPSA) is 59.2 Å². The fourth-order valence-corrected chi connectivity index (χ4v) is 2.68. The minimum atomic E-state index is 0.502. The highest BCUT2D eigenvalue weighted by molar-refractivity contribution is 5.64. The van der Waals surface area contributed by atoms with Crippen molar-refractivity contribution in [1.29, 1.82) is 0 Å². The van der Waals surface area contributed by atoms with Crippen molar-refractivity contribution in [3.8, 4) is 22.8 Å². The molecule has 0 saturated carbocycles. The summed E-state index contributed by atoms with van der Waals surface area (Å²) in [6, 6.07) is 17.8. The van der Waals surface area contributed by atoms with Gasteiger partial charge in [-0.3, -0.25) is 5.10 Å². The quantitative estimate of drug-likeness (QED) is 0.573. The number of hydrogen-bond donors (Lipinski definition) is 2. The van der Waals surface area contributed by atoms with Gasteiger partial charge in [-0.25, -0.2) is 0 Å². The maximum absolute atomic E-state index is 5.74. The summed E-state index contributed by atoms with van der Waals surface area (Å²) in [6.45, 7) is 6.94. The van der Waals surface area contributed by atoms with Gasteiger partial charge in [0, 0.05) is 12.1 Å². The highest BCUT2D eigenvalue weighted by Crippen LogP contribution is 2.25. The molecule has 3 rings (SSSR count). The molecule has 0 radical (unpaired) electrons. The van der Waals surface area contributed by atoms with Crippen LogP contribution in [0.25, 0.3) is 11.3 Å². The fraction of sp³-hybridized carbons (Fsp3) is 0.286. The van der Waals surface area contributed by atoms with Crippen LogP contribution in [0.5, 0.6) is 11.5 Å². The Morgan fingerprint density at radius 3 is 2.23 bits per heavy atom. The van der Waals surface area contributed by atoms with Crippen molar-refractivity contribution >= 4 is 0 Å². The average Bonchev–Trinajstić information content (AvgIpc) is 3.05. The molecule has 3 aromatic rings. The van der Waals surface area contributed by atoms with E-state index < -0.39 is 0 Å². The van der Waals surface area contributed by atoms with Crippen LogP contribution < -0.4 is 14.8 Å². The van der Waals surface area contributed by atoms with Crippen molar-refractivity contribution in [1.82, 2.24) is 15.5 Å². The Kier molecular flexibility index (Phi) is 6.28. The number of nitrogens with zero attached hydrogens (tertiary/aromatic N) is 1. The molecule has 5 heteroatoms. The number of para-hydroxylation sites is 1. The van der Waals surface area contributed by atoms with E-state index in [0.717, 1.165) is 41.5 Å². The zero-order valence-corrected chi connectivity index (χ0v) is 15.3. The molecule has 0 atom stereocenters. The number of aromatic nitrogens is 2. The predicted molar refractivity (Wildman–Crippen MR) is 104 cm³/mol. The van der Waals surface area contributed by atoms with Crippen LogP contribution in [0.4, 0.5) is 0 Å². The largest absolute Gasteiger partial charge is 0.490 e. The second-order valence-corrected chi connectivity index (χ2v) is 5.99. The van der Waals surface area contributed by atoms with Gasteiger partial charge in [0.1, 0.15) is 24.7 Å². The molecule has 0 saturated heterocycles. The lowest BCUT2D eigenvalue weighted by Crippen LogP contribution is -2.12. The van der Waals surface area contributed by atoms with E-state index >= 15 is 0 Å². The Morgan fingerprint density at radius 1 is 0.923 bits per heavy atom. The zero-order valence-electron chi connectivity index (χ0n) is 15.3. The maximum Gasteiger partial charge on any atom is 0.122 e. The van der Waals surface area contributed by atoms with Gasteiger partial charge in [-0.05, 0) is 55.4 Å². The lowest BCUT2D eigenvalue weighted by Gasteiger charge is -2.09. The van der Waals surface area contributed by atoms with Crippen LogP contribution in [0.3, 0.4) is 0 Å². The van der Waals surface area contributed by atoms with Crippen molar-refractivity contribution in [2.24, 2.45) is 0 Å². The van der Waals surface area contributed by atoms with Crippen molar-refractivity contribution in [3.05, 3.63) is 65.9 Å². The first-order valence-corrected chi connectivity index (χ1v) is 8.93. The Labute approximate surface area is 154 Å². The van der Waals surface area contributed by atoms with Gasteiger partial charge in [-0.1, -0.05) is 25.1 Å². The monoisotopic (exact) mass is 351 g/mol. The number of ether oxygens (including phenoxy) is 2.